The van der Waals surface area contributed by atoms with Gasteiger partial charge < -0.3 is 5.11 Å². The standard InChI is InChI=1S/C14H16N2O4S/c17-14(18)10-6-3-4-9(10)8-15-13-11-5-1-2-7-12(11)21(19,20)16-13/h1-2,5,7,9-10H,3-4,6,8H2,(H,15,16)(H,17,18). The average molecular weight is 308 g/mol. The van der Waals surface area contributed by atoms with Gasteiger partial charge in [0.05, 0.1) is 10.8 Å². The second kappa shape index (κ2) is 5.14. The van der Waals surface area contributed by atoms with Crippen LogP contribution in [-0.2, 0) is 14.8 Å². The summed E-state index contributed by atoms with van der Waals surface area (Å²) in [5.41, 5.74) is 0.558. The van der Waals surface area contributed by atoms with Gasteiger partial charge in [0.25, 0.3) is 10.0 Å². The van der Waals surface area contributed by atoms with Crippen molar-refractivity contribution in [3.8, 4) is 0 Å². The number of aliphatic carboxylic acids is 1. The molecule has 1 aliphatic carbocycles. The molecule has 1 aromatic rings. The van der Waals surface area contributed by atoms with E-state index in [9.17, 15) is 13.2 Å². The second-order valence-electron chi connectivity index (χ2n) is 5.43. The zero-order valence-corrected chi connectivity index (χ0v) is 12.1. The zero-order chi connectivity index (χ0) is 15.0. The number of aliphatic imine (C=N–C) groups is 1. The van der Waals surface area contributed by atoms with E-state index in [4.69, 9.17) is 5.11 Å². The molecule has 1 heterocycles. The lowest BCUT2D eigenvalue weighted by Crippen LogP contribution is -2.25. The molecular formula is C14H16N2O4S. The van der Waals surface area contributed by atoms with Crippen molar-refractivity contribution in [3.63, 3.8) is 0 Å². The van der Waals surface area contributed by atoms with Gasteiger partial charge >= 0.3 is 5.97 Å². The van der Waals surface area contributed by atoms with E-state index in [0.717, 1.165) is 12.8 Å². The lowest BCUT2D eigenvalue weighted by atomic mass is 9.96. The Bertz CT molecular complexity index is 711. The van der Waals surface area contributed by atoms with Crippen molar-refractivity contribution in [2.45, 2.75) is 24.2 Å². The quantitative estimate of drug-likeness (QED) is 0.877. The number of carboxylic acid groups (broad SMARTS) is 1. The maximum Gasteiger partial charge on any atom is 0.306 e. The maximum absolute atomic E-state index is 11.9. The Labute approximate surface area is 123 Å². The van der Waals surface area contributed by atoms with Crippen LogP contribution in [0.25, 0.3) is 0 Å². The molecule has 112 valence electrons. The number of amidine groups is 1. The predicted molar refractivity (Wildman–Crippen MR) is 76.6 cm³/mol. The number of carboxylic acids is 1. The molecule has 1 saturated carbocycles. The van der Waals surface area contributed by atoms with E-state index < -0.39 is 16.0 Å². The molecule has 7 heteroatoms. The van der Waals surface area contributed by atoms with Gasteiger partial charge in [-0.25, -0.2) is 8.42 Å². The lowest BCUT2D eigenvalue weighted by Gasteiger charge is -2.13. The van der Waals surface area contributed by atoms with Gasteiger partial charge in [-0.3, -0.25) is 14.5 Å². The Morgan fingerprint density at radius 3 is 2.86 bits per heavy atom. The Kier molecular flexibility index (Phi) is 3.44. The summed E-state index contributed by atoms with van der Waals surface area (Å²) in [7, 11) is -3.53. The van der Waals surface area contributed by atoms with Crippen LogP contribution in [-0.4, -0.2) is 31.9 Å². The van der Waals surface area contributed by atoms with E-state index in [-0.39, 0.29) is 16.7 Å². The van der Waals surface area contributed by atoms with Gasteiger partial charge in [-0.05, 0) is 30.9 Å². The summed E-state index contributed by atoms with van der Waals surface area (Å²) < 4.78 is 26.3. The summed E-state index contributed by atoms with van der Waals surface area (Å²) in [5, 5.41) is 9.16. The normalized spacial score (nSPS) is 28.3. The minimum absolute atomic E-state index is 0.0210. The number of nitrogens with zero attached hydrogens (tertiary/aromatic N) is 1. The molecule has 3 rings (SSSR count). The third-order valence-electron chi connectivity index (χ3n) is 4.12. The molecule has 2 atom stereocenters. The summed E-state index contributed by atoms with van der Waals surface area (Å²) in [6, 6.07) is 6.66. The van der Waals surface area contributed by atoms with Crippen LogP contribution in [0.2, 0.25) is 0 Å². The molecule has 0 bridgehead atoms. The number of sulfonamides is 1. The summed E-state index contributed by atoms with van der Waals surface area (Å²) >= 11 is 0. The first-order chi connectivity index (χ1) is 9.99. The molecular weight excluding hydrogens is 292 g/mol. The van der Waals surface area contributed by atoms with Crippen LogP contribution in [0, 0.1) is 11.8 Å². The van der Waals surface area contributed by atoms with Crippen molar-refractivity contribution < 1.29 is 18.3 Å². The molecule has 2 aliphatic rings. The minimum Gasteiger partial charge on any atom is -0.481 e. The Hall–Kier alpha value is -1.89. The highest BCUT2D eigenvalue weighted by Gasteiger charge is 2.34. The largest absolute Gasteiger partial charge is 0.481 e. The highest BCUT2D eigenvalue weighted by Crippen LogP contribution is 2.32. The third kappa shape index (κ3) is 2.53. The van der Waals surface area contributed by atoms with Crippen molar-refractivity contribution in [2.75, 3.05) is 6.54 Å². The van der Waals surface area contributed by atoms with Gasteiger partial charge in [0.1, 0.15) is 5.84 Å². The maximum atomic E-state index is 11.9. The topological polar surface area (TPSA) is 95.8 Å². The summed E-state index contributed by atoms with van der Waals surface area (Å²) in [6.45, 7) is 0.336. The zero-order valence-electron chi connectivity index (χ0n) is 11.3. The minimum atomic E-state index is -3.53. The number of fused-ring (bicyclic) bond motifs is 1. The van der Waals surface area contributed by atoms with Crippen LogP contribution in [0.3, 0.4) is 0 Å². The second-order valence-corrected chi connectivity index (χ2v) is 7.08. The fourth-order valence-electron chi connectivity index (χ4n) is 3.04. The fourth-order valence-corrected chi connectivity index (χ4v) is 4.29. The fraction of sp³-hybridized carbons (Fsp3) is 0.429. The van der Waals surface area contributed by atoms with Gasteiger partial charge in [-0.15, -0.1) is 0 Å². The first-order valence-electron chi connectivity index (χ1n) is 6.88. The highest BCUT2D eigenvalue weighted by molar-refractivity contribution is 7.90. The molecule has 6 nitrogen and oxygen atoms in total. The van der Waals surface area contributed by atoms with E-state index in [1.54, 1.807) is 18.2 Å². The summed E-state index contributed by atoms with van der Waals surface area (Å²) in [4.78, 5) is 15.7. The smallest absolute Gasteiger partial charge is 0.306 e. The molecule has 0 spiro atoms. The SMILES string of the molecule is O=C(O)C1CCCC1CN=C1NS(=O)(=O)c2ccccc21. The number of carbonyl (C=O) groups is 1. The average Bonchev–Trinajstić information content (AvgIpc) is 3.00. The van der Waals surface area contributed by atoms with E-state index in [1.165, 1.54) is 6.07 Å². The number of hydrogen-bond donors (Lipinski definition) is 2. The van der Waals surface area contributed by atoms with Gasteiger partial charge in [-0.2, -0.15) is 0 Å². The molecule has 1 aliphatic heterocycles. The Morgan fingerprint density at radius 1 is 1.33 bits per heavy atom. The van der Waals surface area contributed by atoms with Gasteiger partial charge in [-0.1, -0.05) is 18.6 Å². The molecule has 2 N–H and O–H groups in total. The molecule has 0 saturated heterocycles. The van der Waals surface area contributed by atoms with Crippen molar-refractivity contribution in [1.82, 2.24) is 4.72 Å². The van der Waals surface area contributed by atoms with E-state index in [2.05, 4.69) is 9.71 Å². The Morgan fingerprint density at radius 2 is 2.10 bits per heavy atom. The van der Waals surface area contributed by atoms with Crippen LogP contribution < -0.4 is 4.72 Å². The summed E-state index contributed by atoms with van der Waals surface area (Å²) in [6.07, 6.45) is 2.38. The number of nitrogens with one attached hydrogen (secondary N) is 1. The van der Waals surface area contributed by atoms with Crippen LogP contribution in [0.4, 0.5) is 0 Å². The summed E-state index contributed by atoms with van der Waals surface area (Å²) in [5.74, 6) is -0.860. The first kappa shape index (κ1) is 14.1. The molecule has 0 aromatic heterocycles. The van der Waals surface area contributed by atoms with Crippen LogP contribution >= 0.6 is 0 Å². The Balaban J connectivity index is 1.84. The molecule has 1 fully saturated rings. The van der Waals surface area contributed by atoms with Gasteiger partial charge in [0, 0.05) is 12.1 Å². The van der Waals surface area contributed by atoms with Crippen molar-refractivity contribution in [2.24, 2.45) is 16.8 Å². The van der Waals surface area contributed by atoms with E-state index in [0.29, 0.717) is 24.4 Å². The molecule has 1 aromatic carbocycles. The molecule has 0 radical (unpaired) electrons. The monoisotopic (exact) mass is 308 g/mol. The van der Waals surface area contributed by atoms with E-state index in [1.807, 2.05) is 0 Å². The molecule has 21 heavy (non-hydrogen) atoms. The van der Waals surface area contributed by atoms with Crippen LogP contribution in [0.5, 0.6) is 0 Å². The van der Waals surface area contributed by atoms with Crippen molar-refractivity contribution >= 4 is 21.8 Å². The van der Waals surface area contributed by atoms with Gasteiger partial charge in [0.2, 0.25) is 0 Å². The lowest BCUT2D eigenvalue weighted by molar-refractivity contribution is -0.142. The number of rotatable bonds is 3. The number of benzene rings is 1. The predicted octanol–water partition coefficient (Wildman–Crippen LogP) is 1.23. The molecule has 2 unspecified atom stereocenters. The molecule has 0 amide bonds. The van der Waals surface area contributed by atoms with Crippen LogP contribution in [0.1, 0.15) is 24.8 Å². The van der Waals surface area contributed by atoms with Crippen LogP contribution in [0.15, 0.2) is 34.2 Å². The highest BCUT2D eigenvalue weighted by atomic mass is 32.2. The van der Waals surface area contributed by atoms with Crippen molar-refractivity contribution in [3.05, 3.63) is 29.8 Å². The van der Waals surface area contributed by atoms with Crippen molar-refractivity contribution in [1.29, 1.82) is 0 Å². The van der Waals surface area contributed by atoms with Gasteiger partial charge in [0.15, 0.2) is 0 Å². The first-order valence-corrected chi connectivity index (χ1v) is 8.37. The van der Waals surface area contributed by atoms with E-state index >= 15 is 0 Å². The third-order valence-corrected chi connectivity index (χ3v) is 5.52. The number of hydrogen-bond acceptors (Lipinski definition) is 4.